The van der Waals surface area contributed by atoms with Crippen LogP contribution in [-0.2, 0) is 9.53 Å². The van der Waals surface area contributed by atoms with Crippen molar-refractivity contribution in [2.75, 3.05) is 7.11 Å². The zero-order valence-electron chi connectivity index (χ0n) is 4.43. The van der Waals surface area contributed by atoms with E-state index in [4.69, 9.17) is 5.41 Å². The molecule has 0 aromatic heterocycles. The summed E-state index contributed by atoms with van der Waals surface area (Å²) in [6, 6.07) is 0. The Morgan fingerprint density at radius 3 is 2.50 bits per heavy atom. The Morgan fingerprint density at radius 2 is 2.38 bits per heavy atom. The molecule has 4 heteroatoms. The van der Waals surface area contributed by atoms with Crippen LogP contribution in [0.3, 0.4) is 0 Å². The number of hydrogen-bond donors (Lipinski definition) is 1. The molecule has 45 valence electrons. The van der Waals surface area contributed by atoms with Gasteiger partial charge in [0.25, 0.3) is 0 Å². The molecule has 0 rings (SSSR count). The van der Waals surface area contributed by atoms with Crippen molar-refractivity contribution in [1.82, 2.24) is 0 Å². The molecule has 0 aliphatic carbocycles. The van der Waals surface area contributed by atoms with Gasteiger partial charge in [0.15, 0.2) is 0 Å². The van der Waals surface area contributed by atoms with Crippen LogP contribution in [0.1, 0.15) is 6.42 Å². The molecule has 0 aliphatic heterocycles. The molecule has 0 fully saturated rings. The fourth-order valence-electron chi connectivity index (χ4n) is 0.203. The summed E-state index contributed by atoms with van der Waals surface area (Å²) in [4.78, 5) is 10.2. The molecule has 0 heterocycles. The van der Waals surface area contributed by atoms with E-state index in [0.717, 1.165) is 0 Å². The minimum atomic E-state index is -0.381. The van der Waals surface area contributed by atoms with Gasteiger partial charge in [0.05, 0.1) is 0 Å². The summed E-state index contributed by atoms with van der Waals surface area (Å²) in [7, 11) is 1.30. The Balaban J connectivity index is 3.40. The second kappa shape index (κ2) is 3.64. The number of ether oxygens (including phenoxy) is 1. The summed E-state index contributed by atoms with van der Waals surface area (Å²) in [5.41, 5.74) is 0. The van der Waals surface area contributed by atoms with E-state index in [9.17, 15) is 4.79 Å². The zero-order valence-corrected chi connectivity index (χ0v) is 6.14. The Labute approximate surface area is 55.7 Å². The average molecular weight is 179 g/mol. The third kappa shape index (κ3) is 3.84. The molecule has 0 saturated heterocycles. The molecule has 0 bridgehead atoms. The van der Waals surface area contributed by atoms with Crippen molar-refractivity contribution in [2.45, 2.75) is 6.42 Å². The molecular formula is C4H6NO2Se. The van der Waals surface area contributed by atoms with Crippen LogP contribution in [0.4, 0.5) is 0 Å². The molecule has 0 spiro atoms. The van der Waals surface area contributed by atoms with Crippen molar-refractivity contribution < 1.29 is 9.53 Å². The van der Waals surface area contributed by atoms with Gasteiger partial charge in [-0.05, 0) is 0 Å². The molecule has 0 unspecified atom stereocenters. The van der Waals surface area contributed by atoms with Crippen LogP contribution in [0, 0.1) is 5.41 Å². The molecule has 0 amide bonds. The van der Waals surface area contributed by atoms with Gasteiger partial charge in [0.2, 0.25) is 0 Å². The van der Waals surface area contributed by atoms with Gasteiger partial charge < -0.3 is 0 Å². The van der Waals surface area contributed by atoms with E-state index < -0.39 is 0 Å². The first-order valence-corrected chi connectivity index (χ1v) is 2.83. The maximum absolute atomic E-state index is 10.2. The van der Waals surface area contributed by atoms with Crippen LogP contribution < -0.4 is 0 Å². The van der Waals surface area contributed by atoms with Gasteiger partial charge in [-0.3, -0.25) is 0 Å². The van der Waals surface area contributed by atoms with Crippen LogP contribution in [0.5, 0.6) is 0 Å². The monoisotopic (exact) mass is 180 g/mol. The number of methoxy groups -OCH3 is 1. The first kappa shape index (κ1) is 7.66. The summed E-state index contributed by atoms with van der Waals surface area (Å²) in [6.45, 7) is 0. The summed E-state index contributed by atoms with van der Waals surface area (Å²) in [6.07, 6.45) is 0.0521. The molecular weight excluding hydrogens is 173 g/mol. The van der Waals surface area contributed by atoms with Gasteiger partial charge in [-0.25, -0.2) is 0 Å². The van der Waals surface area contributed by atoms with Crippen LogP contribution in [0.25, 0.3) is 0 Å². The van der Waals surface area contributed by atoms with Crippen molar-refractivity contribution in [2.24, 2.45) is 0 Å². The van der Waals surface area contributed by atoms with E-state index in [1.54, 1.807) is 0 Å². The van der Waals surface area contributed by atoms with Crippen LogP contribution >= 0.6 is 0 Å². The number of nitrogens with one attached hydrogen (secondary N) is 1. The SMILES string of the molecule is COC(=O)CC(=N)[Se]. The number of carbonyl (C=O) groups is 1. The minimum absolute atomic E-state index is 0.0521. The first-order valence-electron chi connectivity index (χ1n) is 1.98. The molecule has 3 nitrogen and oxygen atoms in total. The maximum atomic E-state index is 10.2. The van der Waals surface area contributed by atoms with Crippen LogP contribution in [0.2, 0.25) is 0 Å². The van der Waals surface area contributed by atoms with Gasteiger partial charge in [0, 0.05) is 0 Å². The zero-order chi connectivity index (χ0) is 6.57. The fraction of sp³-hybridized carbons (Fsp3) is 0.500. The van der Waals surface area contributed by atoms with E-state index >= 15 is 0 Å². The van der Waals surface area contributed by atoms with E-state index in [-0.39, 0.29) is 17.0 Å². The number of carbonyl (C=O) groups excluding carboxylic acids is 1. The summed E-state index contributed by atoms with van der Waals surface area (Å²) < 4.78 is 4.47. The molecule has 1 radical (unpaired) electrons. The fourth-order valence-corrected chi connectivity index (χ4v) is 0.451. The first-order chi connectivity index (χ1) is 3.66. The Morgan fingerprint density at radius 1 is 1.88 bits per heavy atom. The van der Waals surface area contributed by atoms with Gasteiger partial charge in [-0.2, -0.15) is 0 Å². The predicted octanol–water partition coefficient (Wildman–Crippen LogP) is -0.305. The van der Waals surface area contributed by atoms with E-state index in [2.05, 4.69) is 20.7 Å². The van der Waals surface area contributed by atoms with Gasteiger partial charge in [-0.15, -0.1) is 0 Å². The molecule has 8 heavy (non-hydrogen) atoms. The van der Waals surface area contributed by atoms with Crippen LogP contribution in [-0.4, -0.2) is 33.7 Å². The molecule has 0 aromatic carbocycles. The van der Waals surface area contributed by atoms with Crippen LogP contribution in [0.15, 0.2) is 0 Å². The van der Waals surface area contributed by atoms with Crippen molar-refractivity contribution in [3.63, 3.8) is 0 Å². The predicted molar refractivity (Wildman–Crippen MR) is 30.1 cm³/mol. The third-order valence-electron chi connectivity index (χ3n) is 0.533. The molecule has 0 saturated carbocycles. The summed E-state index contributed by atoms with van der Waals surface area (Å²) >= 11 is 2.39. The Kier molecular flexibility index (Phi) is 3.48. The Bertz CT molecular complexity index is 113. The van der Waals surface area contributed by atoms with Crippen molar-refractivity contribution in [1.29, 1.82) is 5.41 Å². The number of hydrogen-bond acceptors (Lipinski definition) is 3. The van der Waals surface area contributed by atoms with Gasteiger partial charge in [0.1, 0.15) is 0 Å². The standard InChI is InChI=1S/C4H6NO2Se/c1-7-4(6)2-3(5)8/h5H,2H2,1H3. The topological polar surface area (TPSA) is 50.2 Å². The second-order valence-electron chi connectivity index (χ2n) is 1.18. The Hall–Kier alpha value is -0.341. The van der Waals surface area contributed by atoms with Crippen molar-refractivity contribution >= 4 is 26.6 Å². The molecule has 1 N–H and O–H groups in total. The van der Waals surface area contributed by atoms with E-state index in [0.29, 0.717) is 0 Å². The van der Waals surface area contributed by atoms with Gasteiger partial charge in [-0.1, -0.05) is 0 Å². The normalized spacial score (nSPS) is 8.12. The van der Waals surface area contributed by atoms with E-state index in [1.165, 1.54) is 7.11 Å². The summed E-state index contributed by atoms with van der Waals surface area (Å²) in [5, 5.41) is 6.77. The van der Waals surface area contributed by atoms with Crippen molar-refractivity contribution in [3.8, 4) is 0 Å². The number of esters is 1. The third-order valence-corrected chi connectivity index (χ3v) is 0.835. The van der Waals surface area contributed by atoms with Gasteiger partial charge >= 0.3 is 55.1 Å². The quantitative estimate of drug-likeness (QED) is 0.359. The second-order valence-corrected chi connectivity index (χ2v) is 2.21. The molecule has 0 aromatic rings. The van der Waals surface area contributed by atoms with E-state index in [1.807, 2.05) is 0 Å². The number of rotatable bonds is 2. The molecule has 0 aliphatic rings. The van der Waals surface area contributed by atoms with Crippen molar-refractivity contribution in [3.05, 3.63) is 0 Å². The molecule has 0 atom stereocenters. The summed E-state index contributed by atoms with van der Waals surface area (Å²) in [5.74, 6) is -0.381. The average Bonchev–Trinajstić information content (AvgIpc) is 1.65.